The molecule has 0 atom stereocenters. The van der Waals surface area contributed by atoms with Crippen molar-refractivity contribution >= 4 is 10.8 Å². The van der Waals surface area contributed by atoms with Crippen LogP contribution in [0.15, 0.2) is 88.4 Å². The Balaban J connectivity index is 1.73. The van der Waals surface area contributed by atoms with Gasteiger partial charge in [0.1, 0.15) is 11.4 Å². The first-order valence-electron chi connectivity index (χ1n) is 9.29. The van der Waals surface area contributed by atoms with Crippen LogP contribution < -0.4 is 10.3 Å². The largest absolute Gasteiger partial charge is 0.497 e. The molecule has 0 aliphatic heterocycles. The summed E-state index contributed by atoms with van der Waals surface area (Å²) in [5.74, 6) is 1.35. The zero-order chi connectivity index (χ0) is 20.5. The van der Waals surface area contributed by atoms with Gasteiger partial charge in [-0.1, -0.05) is 35.5 Å². The molecule has 0 amide bonds. The molecule has 7 heteroatoms. The standard InChI is InChI=1S/C23H16N4O3/c1-29-16-8-6-7-15(13-16)27-14-19(17-9-2-3-10-18(17)23(27)28)22-25-21(26-30-22)20-11-4-5-12-24-20/h2-14H,1H3. The van der Waals surface area contributed by atoms with Crippen molar-refractivity contribution < 1.29 is 9.26 Å². The minimum atomic E-state index is -0.146. The summed E-state index contributed by atoms with van der Waals surface area (Å²) < 4.78 is 12.4. The normalized spacial score (nSPS) is 11.0. The van der Waals surface area contributed by atoms with Gasteiger partial charge in [0.25, 0.3) is 11.4 Å². The number of nitrogens with zero attached hydrogens (tertiary/aromatic N) is 4. The number of hydrogen-bond acceptors (Lipinski definition) is 6. The molecule has 0 N–H and O–H groups in total. The van der Waals surface area contributed by atoms with Gasteiger partial charge < -0.3 is 9.26 Å². The molecular weight excluding hydrogens is 380 g/mol. The molecule has 30 heavy (non-hydrogen) atoms. The van der Waals surface area contributed by atoms with E-state index >= 15 is 0 Å². The molecule has 146 valence electrons. The molecule has 0 saturated carbocycles. The van der Waals surface area contributed by atoms with E-state index in [-0.39, 0.29) is 5.56 Å². The Hall–Kier alpha value is -4.26. The lowest BCUT2D eigenvalue weighted by atomic mass is 10.1. The lowest BCUT2D eigenvalue weighted by Gasteiger charge is -2.11. The van der Waals surface area contributed by atoms with E-state index in [2.05, 4.69) is 15.1 Å². The van der Waals surface area contributed by atoms with Crippen molar-refractivity contribution in [2.45, 2.75) is 0 Å². The van der Waals surface area contributed by atoms with Crippen LogP contribution in [0.1, 0.15) is 0 Å². The van der Waals surface area contributed by atoms with Gasteiger partial charge in [-0.3, -0.25) is 14.3 Å². The number of aromatic nitrogens is 4. The minimum Gasteiger partial charge on any atom is -0.497 e. The highest BCUT2D eigenvalue weighted by Crippen LogP contribution is 2.28. The first-order valence-corrected chi connectivity index (χ1v) is 9.29. The van der Waals surface area contributed by atoms with Crippen LogP contribution in [0, 0.1) is 0 Å². The molecule has 2 aromatic carbocycles. The summed E-state index contributed by atoms with van der Waals surface area (Å²) in [7, 11) is 1.59. The van der Waals surface area contributed by atoms with Crippen molar-refractivity contribution in [2.24, 2.45) is 0 Å². The van der Waals surface area contributed by atoms with Gasteiger partial charge >= 0.3 is 0 Å². The van der Waals surface area contributed by atoms with E-state index in [1.54, 1.807) is 36.2 Å². The Bertz CT molecular complexity index is 1410. The third kappa shape index (κ3) is 3.02. The van der Waals surface area contributed by atoms with Crippen molar-refractivity contribution in [1.29, 1.82) is 0 Å². The van der Waals surface area contributed by atoms with E-state index in [4.69, 9.17) is 9.26 Å². The molecule has 0 saturated heterocycles. The summed E-state index contributed by atoms with van der Waals surface area (Å²) in [4.78, 5) is 22.0. The number of ether oxygens (including phenoxy) is 1. The summed E-state index contributed by atoms with van der Waals surface area (Å²) in [6, 6.07) is 20.1. The second kappa shape index (κ2) is 7.29. The zero-order valence-electron chi connectivity index (χ0n) is 16.0. The highest BCUT2D eigenvalue weighted by molar-refractivity contribution is 5.94. The molecule has 0 fully saturated rings. The quantitative estimate of drug-likeness (QED) is 0.455. The summed E-state index contributed by atoms with van der Waals surface area (Å²) in [5.41, 5.74) is 1.79. The first-order chi connectivity index (χ1) is 14.7. The Morgan fingerprint density at radius 3 is 2.60 bits per heavy atom. The Morgan fingerprint density at radius 2 is 1.80 bits per heavy atom. The molecule has 3 aromatic heterocycles. The lowest BCUT2D eigenvalue weighted by Crippen LogP contribution is -2.18. The van der Waals surface area contributed by atoms with Crippen LogP contribution in [-0.2, 0) is 0 Å². The zero-order valence-corrected chi connectivity index (χ0v) is 16.0. The fourth-order valence-electron chi connectivity index (χ4n) is 3.35. The average Bonchev–Trinajstić information content (AvgIpc) is 3.30. The second-order valence-electron chi connectivity index (χ2n) is 6.60. The van der Waals surface area contributed by atoms with Crippen LogP contribution in [-0.4, -0.2) is 26.8 Å². The molecule has 3 heterocycles. The van der Waals surface area contributed by atoms with E-state index in [9.17, 15) is 4.79 Å². The number of methoxy groups -OCH3 is 1. The van der Waals surface area contributed by atoms with Crippen LogP contribution in [0.3, 0.4) is 0 Å². The third-order valence-electron chi connectivity index (χ3n) is 4.81. The SMILES string of the molecule is COc1cccc(-n2cc(-c3nc(-c4ccccn4)no3)c3ccccc3c2=O)c1. The van der Waals surface area contributed by atoms with E-state index in [1.807, 2.05) is 54.6 Å². The molecule has 0 spiro atoms. The third-order valence-corrected chi connectivity index (χ3v) is 4.81. The number of benzene rings is 2. The minimum absolute atomic E-state index is 0.146. The van der Waals surface area contributed by atoms with Crippen LogP contribution in [0.5, 0.6) is 5.75 Å². The van der Waals surface area contributed by atoms with Gasteiger partial charge in [0, 0.05) is 29.2 Å². The Morgan fingerprint density at radius 1 is 0.967 bits per heavy atom. The summed E-state index contributed by atoms with van der Waals surface area (Å²) in [6.45, 7) is 0. The van der Waals surface area contributed by atoms with Crippen molar-refractivity contribution in [3.63, 3.8) is 0 Å². The summed E-state index contributed by atoms with van der Waals surface area (Å²) >= 11 is 0. The molecule has 7 nitrogen and oxygen atoms in total. The topological polar surface area (TPSA) is 83.0 Å². The van der Waals surface area contributed by atoms with Gasteiger partial charge in [-0.25, -0.2) is 0 Å². The maximum atomic E-state index is 13.2. The van der Waals surface area contributed by atoms with Gasteiger partial charge in [0.2, 0.25) is 5.82 Å². The molecule has 5 aromatic rings. The number of pyridine rings is 2. The molecule has 0 bridgehead atoms. The highest BCUT2D eigenvalue weighted by atomic mass is 16.5. The fraction of sp³-hybridized carbons (Fsp3) is 0.0435. The maximum absolute atomic E-state index is 13.2. The van der Waals surface area contributed by atoms with Gasteiger partial charge in [0.15, 0.2) is 0 Å². The van der Waals surface area contributed by atoms with Gasteiger partial charge in [-0.2, -0.15) is 4.98 Å². The fourth-order valence-corrected chi connectivity index (χ4v) is 3.35. The molecule has 0 aliphatic rings. The first kappa shape index (κ1) is 17.8. The lowest BCUT2D eigenvalue weighted by molar-refractivity contribution is 0.414. The monoisotopic (exact) mass is 396 g/mol. The van der Waals surface area contributed by atoms with Crippen molar-refractivity contribution in [2.75, 3.05) is 7.11 Å². The summed E-state index contributed by atoms with van der Waals surface area (Å²) in [6.07, 6.45) is 3.39. The molecule has 0 radical (unpaired) electrons. The maximum Gasteiger partial charge on any atom is 0.262 e. The number of rotatable bonds is 4. The molecule has 5 rings (SSSR count). The number of fused-ring (bicyclic) bond motifs is 1. The van der Waals surface area contributed by atoms with E-state index in [0.717, 1.165) is 5.39 Å². The van der Waals surface area contributed by atoms with Crippen molar-refractivity contribution in [3.8, 4) is 34.4 Å². The van der Waals surface area contributed by atoms with Gasteiger partial charge in [0.05, 0.1) is 18.4 Å². The van der Waals surface area contributed by atoms with Crippen molar-refractivity contribution in [3.05, 3.63) is 89.5 Å². The van der Waals surface area contributed by atoms with Crippen molar-refractivity contribution in [1.82, 2.24) is 19.7 Å². The average molecular weight is 396 g/mol. The van der Waals surface area contributed by atoms with Crippen LogP contribution in [0.2, 0.25) is 0 Å². The highest BCUT2D eigenvalue weighted by Gasteiger charge is 2.17. The second-order valence-corrected chi connectivity index (χ2v) is 6.60. The molecular formula is C23H16N4O3. The predicted octanol–water partition coefficient (Wildman–Crippen LogP) is 4.11. The molecule has 0 aliphatic carbocycles. The van der Waals surface area contributed by atoms with Crippen LogP contribution in [0.4, 0.5) is 0 Å². The van der Waals surface area contributed by atoms with Crippen LogP contribution >= 0.6 is 0 Å². The van der Waals surface area contributed by atoms with E-state index in [0.29, 0.717) is 39.8 Å². The van der Waals surface area contributed by atoms with Gasteiger partial charge in [-0.15, -0.1) is 0 Å². The Kier molecular flexibility index (Phi) is 4.33. The molecule has 0 unspecified atom stereocenters. The smallest absolute Gasteiger partial charge is 0.262 e. The van der Waals surface area contributed by atoms with E-state index in [1.165, 1.54) is 0 Å². The Labute approximate surface area is 171 Å². The predicted molar refractivity (Wildman–Crippen MR) is 113 cm³/mol. The summed E-state index contributed by atoms with van der Waals surface area (Å²) in [5, 5.41) is 5.35. The van der Waals surface area contributed by atoms with Crippen LogP contribution in [0.25, 0.3) is 39.4 Å². The van der Waals surface area contributed by atoms with Gasteiger partial charge in [-0.05, 0) is 30.3 Å². The number of hydrogen-bond donors (Lipinski definition) is 0. The van der Waals surface area contributed by atoms with E-state index < -0.39 is 0 Å².